The van der Waals surface area contributed by atoms with Gasteiger partial charge in [-0.05, 0) is 30.0 Å². The van der Waals surface area contributed by atoms with Crippen LogP contribution in [0.1, 0.15) is 0 Å². The zero-order valence-electron chi connectivity index (χ0n) is 14.3. The summed E-state index contributed by atoms with van der Waals surface area (Å²) in [6.07, 6.45) is 1.45. The van der Waals surface area contributed by atoms with Crippen LogP contribution in [-0.4, -0.2) is 34.8 Å². The van der Waals surface area contributed by atoms with Gasteiger partial charge in [-0.15, -0.1) is 5.10 Å². The number of hydrogen-bond acceptors (Lipinski definition) is 6. The molecule has 0 spiro atoms. The maximum Gasteiger partial charge on any atom is 0.253 e. The molecule has 3 heterocycles. The largest absolute Gasteiger partial charge is 0.258 e. The van der Waals surface area contributed by atoms with Gasteiger partial charge >= 0.3 is 0 Å². The zero-order chi connectivity index (χ0) is 18.9. The minimum atomic E-state index is -0.357. The van der Waals surface area contributed by atoms with Crippen LogP contribution in [0.25, 0.3) is 28.4 Å². The smallest absolute Gasteiger partial charge is 0.253 e. The highest BCUT2D eigenvalue weighted by atomic mass is 32.2. The summed E-state index contributed by atoms with van der Waals surface area (Å²) in [6, 6.07) is 18.1. The summed E-state index contributed by atoms with van der Waals surface area (Å²) in [7, 11) is 0. The van der Waals surface area contributed by atoms with E-state index in [1.54, 1.807) is 22.7 Å². The maximum absolute atomic E-state index is 14.0. The third kappa shape index (κ3) is 3.01. The van der Waals surface area contributed by atoms with E-state index < -0.39 is 0 Å². The topological polar surface area (TPSA) is 84.7 Å². The van der Waals surface area contributed by atoms with E-state index in [1.807, 2.05) is 36.4 Å². The third-order valence-corrected chi connectivity index (χ3v) is 4.94. The van der Waals surface area contributed by atoms with Crippen LogP contribution in [0.2, 0.25) is 0 Å². The quantitative estimate of drug-likeness (QED) is 0.470. The fourth-order valence-corrected chi connectivity index (χ4v) is 3.58. The second-order valence-corrected chi connectivity index (χ2v) is 6.85. The van der Waals surface area contributed by atoms with Crippen molar-refractivity contribution in [1.82, 2.24) is 34.8 Å². The van der Waals surface area contributed by atoms with Crippen LogP contribution in [0.4, 0.5) is 4.39 Å². The molecule has 9 heteroatoms. The summed E-state index contributed by atoms with van der Waals surface area (Å²) in [5.74, 6) is 0.491. The van der Waals surface area contributed by atoms with Crippen molar-refractivity contribution in [3.63, 3.8) is 0 Å². The van der Waals surface area contributed by atoms with Gasteiger partial charge in [-0.25, -0.2) is 14.4 Å². The van der Waals surface area contributed by atoms with Crippen LogP contribution in [0.5, 0.6) is 0 Å². The number of halogens is 1. The van der Waals surface area contributed by atoms with Gasteiger partial charge in [-0.2, -0.15) is 14.6 Å². The van der Waals surface area contributed by atoms with Gasteiger partial charge in [-0.3, -0.25) is 5.10 Å². The molecule has 0 saturated heterocycles. The van der Waals surface area contributed by atoms with Crippen molar-refractivity contribution >= 4 is 17.5 Å². The molecule has 5 aromatic rings. The lowest BCUT2D eigenvalue weighted by Crippen LogP contribution is -1.98. The fraction of sp³-hybridized carbons (Fsp3) is 0. The number of rotatable bonds is 4. The van der Waals surface area contributed by atoms with Crippen molar-refractivity contribution in [2.75, 3.05) is 0 Å². The lowest BCUT2D eigenvalue weighted by Gasteiger charge is -2.05. The molecule has 136 valence electrons. The highest BCUT2D eigenvalue weighted by molar-refractivity contribution is 7.99. The Morgan fingerprint density at radius 3 is 2.64 bits per heavy atom. The Labute approximate surface area is 162 Å². The first kappa shape index (κ1) is 16.6. The van der Waals surface area contributed by atoms with Gasteiger partial charge in [0.15, 0.2) is 5.82 Å². The molecule has 2 aromatic carbocycles. The molecule has 0 aliphatic rings. The van der Waals surface area contributed by atoms with Gasteiger partial charge in [0.2, 0.25) is 5.16 Å². The van der Waals surface area contributed by atoms with Crippen molar-refractivity contribution in [1.29, 1.82) is 0 Å². The summed E-state index contributed by atoms with van der Waals surface area (Å²) in [4.78, 5) is 13.2. The SMILES string of the molecule is Fc1ccccc1-c1nc(Sc2cc(-c3ccccc3)nc3ncnn23)n[nH]1. The van der Waals surface area contributed by atoms with Crippen LogP contribution >= 0.6 is 11.8 Å². The Hall–Kier alpha value is -3.59. The van der Waals surface area contributed by atoms with Crippen molar-refractivity contribution in [2.24, 2.45) is 0 Å². The molecule has 0 unspecified atom stereocenters. The number of benzene rings is 2. The Morgan fingerprint density at radius 2 is 1.79 bits per heavy atom. The molecule has 0 fully saturated rings. The van der Waals surface area contributed by atoms with E-state index in [0.29, 0.717) is 22.3 Å². The molecular weight excluding hydrogens is 377 g/mol. The number of aromatic nitrogens is 7. The molecule has 0 atom stereocenters. The van der Waals surface area contributed by atoms with E-state index in [0.717, 1.165) is 16.3 Å². The van der Waals surface area contributed by atoms with Gasteiger partial charge in [0, 0.05) is 5.56 Å². The van der Waals surface area contributed by atoms with E-state index in [1.165, 1.54) is 24.2 Å². The average molecular weight is 389 g/mol. The first-order chi connectivity index (χ1) is 13.8. The second-order valence-electron chi connectivity index (χ2n) is 5.87. The van der Waals surface area contributed by atoms with Crippen LogP contribution in [0, 0.1) is 5.82 Å². The molecule has 0 bridgehead atoms. The second kappa shape index (κ2) is 6.86. The van der Waals surface area contributed by atoms with E-state index in [4.69, 9.17) is 0 Å². The Bertz CT molecular complexity index is 1270. The lowest BCUT2D eigenvalue weighted by atomic mass is 10.1. The van der Waals surface area contributed by atoms with Crippen molar-refractivity contribution in [3.8, 4) is 22.6 Å². The van der Waals surface area contributed by atoms with E-state index in [2.05, 4.69) is 30.2 Å². The number of nitrogens with zero attached hydrogens (tertiary/aromatic N) is 6. The molecule has 0 saturated carbocycles. The number of nitrogens with one attached hydrogen (secondary N) is 1. The van der Waals surface area contributed by atoms with Crippen LogP contribution in [-0.2, 0) is 0 Å². The minimum Gasteiger partial charge on any atom is -0.258 e. The van der Waals surface area contributed by atoms with Gasteiger partial charge in [0.25, 0.3) is 5.78 Å². The minimum absolute atomic E-state index is 0.357. The Morgan fingerprint density at radius 1 is 0.964 bits per heavy atom. The summed E-state index contributed by atoms with van der Waals surface area (Å²) < 4.78 is 15.6. The lowest BCUT2D eigenvalue weighted by molar-refractivity contribution is 0.630. The monoisotopic (exact) mass is 389 g/mol. The molecule has 0 aliphatic carbocycles. The first-order valence-corrected chi connectivity index (χ1v) is 9.21. The van der Waals surface area contributed by atoms with Crippen molar-refractivity contribution < 1.29 is 4.39 Å². The summed E-state index contributed by atoms with van der Waals surface area (Å²) >= 11 is 1.30. The van der Waals surface area contributed by atoms with E-state index in [9.17, 15) is 4.39 Å². The predicted molar refractivity (Wildman–Crippen MR) is 102 cm³/mol. The normalized spacial score (nSPS) is 11.2. The zero-order valence-corrected chi connectivity index (χ0v) is 15.1. The highest BCUT2D eigenvalue weighted by Gasteiger charge is 2.15. The molecule has 3 aromatic heterocycles. The third-order valence-electron chi connectivity index (χ3n) is 4.08. The molecule has 0 radical (unpaired) electrons. The van der Waals surface area contributed by atoms with Crippen LogP contribution in [0.15, 0.2) is 77.2 Å². The molecule has 7 nitrogen and oxygen atoms in total. The standard InChI is InChI=1S/C19H12FN7S/c20-14-9-5-4-8-13(14)17-24-19(26-25-17)28-16-10-15(12-6-2-1-3-7-12)23-18-21-11-22-27(16)18/h1-11H,(H,24,25,26). The van der Waals surface area contributed by atoms with Crippen LogP contribution < -0.4 is 0 Å². The van der Waals surface area contributed by atoms with Gasteiger partial charge < -0.3 is 0 Å². The highest BCUT2D eigenvalue weighted by Crippen LogP contribution is 2.29. The van der Waals surface area contributed by atoms with Crippen molar-refractivity contribution in [2.45, 2.75) is 10.2 Å². The molecule has 28 heavy (non-hydrogen) atoms. The molecule has 0 amide bonds. The predicted octanol–water partition coefficient (Wildman–Crippen LogP) is 3.87. The average Bonchev–Trinajstić information content (AvgIpc) is 3.38. The van der Waals surface area contributed by atoms with Gasteiger partial charge in [0.1, 0.15) is 17.2 Å². The Kier molecular flexibility index (Phi) is 4.06. The number of aromatic amines is 1. The number of H-pyrrole nitrogens is 1. The molecular formula is C19H12FN7S. The van der Waals surface area contributed by atoms with Crippen molar-refractivity contribution in [3.05, 3.63) is 72.8 Å². The van der Waals surface area contributed by atoms with Gasteiger partial charge in [-0.1, -0.05) is 42.5 Å². The van der Waals surface area contributed by atoms with Crippen LogP contribution in [0.3, 0.4) is 0 Å². The number of hydrogen-bond donors (Lipinski definition) is 1. The van der Waals surface area contributed by atoms with E-state index in [-0.39, 0.29) is 5.82 Å². The first-order valence-electron chi connectivity index (χ1n) is 8.39. The summed E-state index contributed by atoms with van der Waals surface area (Å²) in [6.45, 7) is 0. The molecule has 0 aliphatic heterocycles. The Balaban J connectivity index is 1.54. The summed E-state index contributed by atoms with van der Waals surface area (Å²) in [5, 5.41) is 12.4. The fourth-order valence-electron chi connectivity index (χ4n) is 2.77. The maximum atomic E-state index is 14.0. The van der Waals surface area contributed by atoms with Gasteiger partial charge in [0.05, 0.1) is 11.3 Å². The van der Waals surface area contributed by atoms with E-state index >= 15 is 0 Å². The molecule has 1 N–H and O–H groups in total. The summed E-state index contributed by atoms with van der Waals surface area (Å²) in [5.41, 5.74) is 2.11. The molecule has 5 rings (SSSR count). The number of fused-ring (bicyclic) bond motifs is 1.